The summed E-state index contributed by atoms with van der Waals surface area (Å²) in [4.78, 5) is 17.1. The third-order valence-electron chi connectivity index (χ3n) is 5.92. The molecule has 0 saturated carbocycles. The second-order valence-corrected chi connectivity index (χ2v) is 8.28. The summed E-state index contributed by atoms with van der Waals surface area (Å²) >= 11 is 0. The Morgan fingerprint density at radius 3 is 2.75 bits per heavy atom. The van der Waals surface area contributed by atoms with Crippen LogP contribution in [0.5, 0.6) is 11.6 Å². The number of rotatable bonds is 4. The van der Waals surface area contributed by atoms with Gasteiger partial charge < -0.3 is 14.0 Å². The maximum atomic E-state index is 12.2. The molecule has 1 unspecified atom stereocenters. The van der Waals surface area contributed by atoms with Crippen LogP contribution in [0, 0.1) is 6.92 Å². The van der Waals surface area contributed by atoms with Crippen molar-refractivity contribution in [2.75, 3.05) is 13.2 Å². The first-order valence-electron chi connectivity index (χ1n) is 11.0. The number of para-hydroxylation sites is 1. The monoisotopic (exact) mass is 430 g/mol. The van der Waals surface area contributed by atoms with Gasteiger partial charge in [0.15, 0.2) is 11.5 Å². The molecule has 4 aromatic rings. The first-order chi connectivity index (χ1) is 15.6. The molecule has 1 aromatic carbocycles. The Balaban J connectivity index is 1.67. The van der Waals surface area contributed by atoms with Gasteiger partial charge in [-0.05, 0) is 56.5 Å². The lowest BCUT2D eigenvalue weighted by atomic mass is 10.0. The van der Waals surface area contributed by atoms with Crippen molar-refractivity contribution >= 4 is 5.65 Å². The smallest absolute Gasteiger partial charge is 0.253 e. The van der Waals surface area contributed by atoms with Crippen molar-refractivity contribution in [2.24, 2.45) is 7.05 Å². The fourth-order valence-electron chi connectivity index (χ4n) is 4.22. The summed E-state index contributed by atoms with van der Waals surface area (Å²) in [5.41, 5.74) is 3.13. The molecule has 5 rings (SSSR count). The van der Waals surface area contributed by atoms with Crippen LogP contribution in [0.4, 0.5) is 0 Å². The van der Waals surface area contributed by atoms with Crippen LogP contribution in [-0.2, 0) is 11.8 Å². The average molecular weight is 431 g/mol. The summed E-state index contributed by atoms with van der Waals surface area (Å²) in [6.45, 7) is 3.35. The van der Waals surface area contributed by atoms with Crippen LogP contribution in [0.3, 0.4) is 0 Å². The lowest BCUT2D eigenvalue weighted by Gasteiger charge is -2.14. The lowest BCUT2D eigenvalue weighted by Crippen LogP contribution is -2.18. The molecule has 32 heavy (non-hydrogen) atoms. The van der Waals surface area contributed by atoms with E-state index in [9.17, 15) is 4.79 Å². The molecule has 0 spiro atoms. The zero-order valence-electron chi connectivity index (χ0n) is 18.3. The average Bonchev–Trinajstić information content (AvgIpc) is 3.05. The van der Waals surface area contributed by atoms with E-state index in [0.29, 0.717) is 17.2 Å². The molecule has 1 fully saturated rings. The molecule has 0 radical (unpaired) electrons. The molecule has 7 nitrogen and oxygen atoms in total. The van der Waals surface area contributed by atoms with Crippen LogP contribution in [-0.4, -0.2) is 32.4 Å². The summed E-state index contributed by atoms with van der Waals surface area (Å²) in [6.07, 6.45) is 4.77. The van der Waals surface area contributed by atoms with Gasteiger partial charge in [-0.15, -0.1) is 5.10 Å². The Hall–Kier alpha value is -3.45. The normalized spacial score (nSPS) is 16.8. The molecule has 1 aliphatic rings. The van der Waals surface area contributed by atoms with Crippen LogP contribution < -0.4 is 10.3 Å². The fraction of sp³-hybridized carbons (Fsp3) is 0.320. The summed E-state index contributed by atoms with van der Waals surface area (Å²) in [5, 5.41) is 4.88. The van der Waals surface area contributed by atoms with E-state index in [1.54, 1.807) is 16.1 Å². The van der Waals surface area contributed by atoms with Crippen LogP contribution in [0.15, 0.2) is 59.5 Å². The number of ether oxygens (including phenoxy) is 2. The predicted octanol–water partition coefficient (Wildman–Crippen LogP) is 4.48. The zero-order chi connectivity index (χ0) is 22.1. The van der Waals surface area contributed by atoms with Gasteiger partial charge >= 0.3 is 0 Å². The van der Waals surface area contributed by atoms with E-state index in [4.69, 9.17) is 19.6 Å². The Morgan fingerprint density at radius 1 is 1.09 bits per heavy atom. The summed E-state index contributed by atoms with van der Waals surface area (Å²) < 4.78 is 15.4. The molecule has 0 bridgehead atoms. The number of hydrogen-bond donors (Lipinski definition) is 0. The van der Waals surface area contributed by atoms with Gasteiger partial charge in [0.1, 0.15) is 5.75 Å². The highest BCUT2D eigenvalue weighted by molar-refractivity contribution is 5.71. The zero-order valence-corrected chi connectivity index (χ0v) is 18.3. The van der Waals surface area contributed by atoms with E-state index in [0.717, 1.165) is 55.1 Å². The van der Waals surface area contributed by atoms with Crippen LogP contribution >= 0.6 is 0 Å². The summed E-state index contributed by atoms with van der Waals surface area (Å²) in [7, 11) is 1.76. The fourth-order valence-corrected chi connectivity index (χ4v) is 4.22. The molecule has 3 aromatic heterocycles. The van der Waals surface area contributed by atoms with Crippen LogP contribution in [0.25, 0.3) is 16.8 Å². The van der Waals surface area contributed by atoms with Gasteiger partial charge in [-0.3, -0.25) is 4.79 Å². The number of aromatic nitrogens is 4. The molecule has 0 N–H and O–H groups in total. The molecular formula is C25H26N4O3. The topological polar surface area (TPSA) is 70.7 Å². The van der Waals surface area contributed by atoms with Crippen LogP contribution in [0.2, 0.25) is 0 Å². The third kappa shape index (κ3) is 3.91. The maximum Gasteiger partial charge on any atom is 0.253 e. The highest BCUT2D eigenvalue weighted by Gasteiger charge is 2.22. The number of fused-ring (bicyclic) bond motifs is 1. The Bertz CT molecular complexity index is 1280. The Labute approximate surface area is 186 Å². The second-order valence-electron chi connectivity index (χ2n) is 8.28. The van der Waals surface area contributed by atoms with E-state index in [1.807, 2.05) is 61.7 Å². The van der Waals surface area contributed by atoms with Crippen molar-refractivity contribution in [3.8, 4) is 22.8 Å². The predicted molar refractivity (Wildman–Crippen MR) is 122 cm³/mol. The number of hydrogen-bond acceptors (Lipinski definition) is 5. The van der Waals surface area contributed by atoms with Gasteiger partial charge in [-0.25, -0.2) is 4.98 Å². The summed E-state index contributed by atoms with van der Waals surface area (Å²) in [5.74, 6) is 2.38. The Morgan fingerprint density at radius 2 is 1.94 bits per heavy atom. The lowest BCUT2D eigenvalue weighted by molar-refractivity contribution is 0.143. The van der Waals surface area contributed by atoms with Gasteiger partial charge in [0.05, 0.1) is 0 Å². The molecule has 0 amide bonds. The minimum Gasteiger partial charge on any atom is -0.438 e. The first kappa shape index (κ1) is 20.5. The molecule has 7 heteroatoms. The third-order valence-corrected chi connectivity index (χ3v) is 5.92. The van der Waals surface area contributed by atoms with Crippen molar-refractivity contribution in [1.82, 2.24) is 19.2 Å². The largest absolute Gasteiger partial charge is 0.438 e. The van der Waals surface area contributed by atoms with Gasteiger partial charge in [0.2, 0.25) is 5.88 Å². The molecule has 1 aliphatic heterocycles. The Kier molecular flexibility index (Phi) is 5.49. The van der Waals surface area contributed by atoms with Crippen molar-refractivity contribution < 1.29 is 9.47 Å². The highest BCUT2D eigenvalue weighted by Crippen LogP contribution is 2.35. The van der Waals surface area contributed by atoms with Gasteiger partial charge in [0.25, 0.3) is 5.56 Å². The number of aryl methyl sites for hydroxylation is 2. The SMILES string of the molecule is Cc1cc(-c2ccc3nc(C4CCCOCC4)nn3c2Oc2ccccc2)cn(C)c1=O. The molecule has 1 saturated heterocycles. The van der Waals surface area contributed by atoms with E-state index in [1.165, 1.54) is 0 Å². The van der Waals surface area contributed by atoms with Crippen LogP contribution in [0.1, 0.15) is 36.6 Å². The highest BCUT2D eigenvalue weighted by atomic mass is 16.5. The number of pyridine rings is 2. The van der Waals surface area contributed by atoms with Crippen molar-refractivity contribution in [3.63, 3.8) is 0 Å². The maximum absolute atomic E-state index is 12.2. The van der Waals surface area contributed by atoms with E-state index in [2.05, 4.69) is 0 Å². The van der Waals surface area contributed by atoms with Gasteiger partial charge in [-0.2, -0.15) is 4.52 Å². The number of benzene rings is 1. The quantitative estimate of drug-likeness (QED) is 0.477. The minimum absolute atomic E-state index is 0.0148. The van der Waals surface area contributed by atoms with Gasteiger partial charge in [-0.1, -0.05) is 18.2 Å². The summed E-state index contributed by atoms with van der Waals surface area (Å²) in [6, 6.07) is 15.5. The first-order valence-corrected chi connectivity index (χ1v) is 11.0. The van der Waals surface area contributed by atoms with Crippen molar-refractivity contribution in [1.29, 1.82) is 0 Å². The van der Waals surface area contributed by atoms with E-state index < -0.39 is 0 Å². The van der Waals surface area contributed by atoms with Gasteiger partial charge in [0, 0.05) is 49.1 Å². The second kappa shape index (κ2) is 8.59. The number of nitrogens with zero attached hydrogens (tertiary/aromatic N) is 4. The van der Waals surface area contributed by atoms with Crippen molar-refractivity contribution in [2.45, 2.75) is 32.1 Å². The van der Waals surface area contributed by atoms with E-state index >= 15 is 0 Å². The minimum atomic E-state index is -0.0148. The van der Waals surface area contributed by atoms with Crippen molar-refractivity contribution in [3.05, 3.63) is 76.5 Å². The molecule has 1 atom stereocenters. The molecule has 4 heterocycles. The molecule has 164 valence electrons. The molecule has 0 aliphatic carbocycles. The van der Waals surface area contributed by atoms with E-state index in [-0.39, 0.29) is 11.5 Å². The standard InChI is InChI=1S/C25H26N4O3/c1-17-15-19(16-28(2)24(17)30)21-10-11-22-26-23(18-7-6-13-31-14-12-18)27-29(22)25(21)32-20-8-4-3-5-9-20/h3-5,8-11,15-16,18H,6-7,12-14H2,1-2H3. The molecular weight excluding hydrogens is 404 g/mol.